The first-order chi connectivity index (χ1) is 13.2. The number of aromatic nitrogens is 2. The van der Waals surface area contributed by atoms with Gasteiger partial charge in [0.25, 0.3) is 5.91 Å². The highest BCUT2D eigenvalue weighted by molar-refractivity contribution is 7.03. The highest BCUT2D eigenvalue weighted by Crippen LogP contribution is 2.25. The van der Waals surface area contributed by atoms with Crippen molar-refractivity contribution in [1.29, 1.82) is 0 Å². The lowest BCUT2D eigenvalue weighted by atomic mass is 9.94. The fourth-order valence-corrected chi connectivity index (χ4v) is 3.91. The molecule has 2 aromatic rings. The molecular formula is C20H24N4O2S. The monoisotopic (exact) mass is 384 g/mol. The van der Waals surface area contributed by atoms with Crippen molar-refractivity contribution in [3.63, 3.8) is 0 Å². The maximum absolute atomic E-state index is 13.2. The number of carbonyl (C=O) groups is 2. The Hall–Kier alpha value is -2.54. The predicted molar refractivity (Wildman–Crippen MR) is 105 cm³/mol. The Kier molecular flexibility index (Phi) is 6.70. The number of hydrogen-bond donors (Lipinski definition) is 1. The standard InChI is InChI=1S/C20H24N4O2S/c1-2-13-24(20(26)17-14-27-23-22-17)18(15-9-5-3-6-10-15)19(25)21-16-11-7-4-8-12-16/h2-3,5-6,9-10,14,16,18H,1,4,7-8,11-13H2,(H,21,25)/t18-/m0/s1. The topological polar surface area (TPSA) is 75.2 Å². The van der Waals surface area contributed by atoms with Crippen LogP contribution in [0.5, 0.6) is 0 Å². The number of carbonyl (C=O) groups excluding carboxylic acids is 2. The van der Waals surface area contributed by atoms with E-state index in [1.165, 1.54) is 11.3 Å². The molecule has 1 aliphatic carbocycles. The number of nitrogens with zero attached hydrogens (tertiary/aromatic N) is 3. The molecule has 27 heavy (non-hydrogen) atoms. The number of nitrogens with one attached hydrogen (secondary N) is 1. The van der Waals surface area contributed by atoms with Crippen LogP contribution in [0, 0.1) is 0 Å². The molecule has 1 N–H and O–H groups in total. The first-order valence-corrected chi connectivity index (χ1v) is 10.1. The van der Waals surface area contributed by atoms with Crippen molar-refractivity contribution in [2.24, 2.45) is 0 Å². The fraction of sp³-hybridized carbons (Fsp3) is 0.400. The van der Waals surface area contributed by atoms with Gasteiger partial charge in [-0.3, -0.25) is 9.59 Å². The van der Waals surface area contributed by atoms with E-state index < -0.39 is 6.04 Å². The molecule has 0 aliphatic heterocycles. The Balaban J connectivity index is 1.90. The van der Waals surface area contributed by atoms with Gasteiger partial charge in [0.1, 0.15) is 6.04 Å². The lowest BCUT2D eigenvalue weighted by molar-refractivity contribution is -0.126. The number of amides is 2. The van der Waals surface area contributed by atoms with Crippen LogP contribution in [-0.4, -0.2) is 38.9 Å². The van der Waals surface area contributed by atoms with Gasteiger partial charge in [0, 0.05) is 18.0 Å². The van der Waals surface area contributed by atoms with Crippen molar-refractivity contribution in [2.75, 3.05) is 6.54 Å². The molecule has 0 saturated heterocycles. The van der Waals surface area contributed by atoms with Gasteiger partial charge >= 0.3 is 0 Å². The molecule has 3 rings (SSSR count). The van der Waals surface area contributed by atoms with E-state index in [0.717, 1.165) is 42.8 Å². The van der Waals surface area contributed by atoms with Gasteiger partial charge in [-0.1, -0.05) is 60.2 Å². The summed E-state index contributed by atoms with van der Waals surface area (Å²) < 4.78 is 3.77. The van der Waals surface area contributed by atoms with Crippen molar-refractivity contribution >= 4 is 23.3 Å². The quantitative estimate of drug-likeness (QED) is 0.743. The predicted octanol–water partition coefficient (Wildman–Crippen LogP) is 3.36. The first-order valence-electron chi connectivity index (χ1n) is 9.25. The molecule has 1 aliphatic rings. The van der Waals surface area contributed by atoms with Gasteiger partial charge in [0.05, 0.1) is 0 Å². The van der Waals surface area contributed by atoms with Crippen LogP contribution in [0.3, 0.4) is 0 Å². The van der Waals surface area contributed by atoms with Crippen LogP contribution in [-0.2, 0) is 4.79 Å². The third-order valence-corrected chi connectivity index (χ3v) is 5.30. The molecular weight excluding hydrogens is 360 g/mol. The molecule has 0 unspecified atom stereocenters. The van der Waals surface area contributed by atoms with Crippen LogP contribution >= 0.6 is 11.5 Å². The molecule has 1 aromatic heterocycles. The van der Waals surface area contributed by atoms with E-state index in [9.17, 15) is 9.59 Å². The van der Waals surface area contributed by atoms with Gasteiger partial charge in [-0.2, -0.15) is 0 Å². The van der Waals surface area contributed by atoms with Gasteiger partial charge in [0.15, 0.2) is 5.69 Å². The highest BCUT2D eigenvalue weighted by atomic mass is 32.1. The van der Waals surface area contributed by atoms with Crippen molar-refractivity contribution in [3.05, 3.63) is 59.6 Å². The van der Waals surface area contributed by atoms with E-state index in [1.807, 2.05) is 30.3 Å². The van der Waals surface area contributed by atoms with E-state index in [-0.39, 0.29) is 30.1 Å². The summed E-state index contributed by atoms with van der Waals surface area (Å²) in [5.74, 6) is -0.484. The molecule has 1 saturated carbocycles. The summed E-state index contributed by atoms with van der Waals surface area (Å²) in [6.45, 7) is 4.00. The van der Waals surface area contributed by atoms with Crippen molar-refractivity contribution in [2.45, 2.75) is 44.2 Å². The minimum Gasteiger partial charge on any atom is -0.351 e. The van der Waals surface area contributed by atoms with Gasteiger partial charge in [0.2, 0.25) is 5.91 Å². The maximum Gasteiger partial charge on any atom is 0.276 e. The summed E-state index contributed by atoms with van der Waals surface area (Å²) in [4.78, 5) is 27.8. The highest BCUT2D eigenvalue weighted by Gasteiger charge is 2.33. The summed E-state index contributed by atoms with van der Waals surface area (Å²) in [6.07, 6.45) is 7.06. The second kappa shape index (κ2) is 9.41. The second-order valence-corrected chi connectivity index (χ2v) is 7.30. The van der Waals surface area contributed by atoms with Crippen LogP contribution in [0.2, 0.25) is 0 Å². The summed E-state index contributed by atoms with van der Waals surface area (Å²) in [7, 11) is 0. The second-order valence-electron chi connectivity index (χ2n) is 6.69. The molecule has 7 heteroatoms. The summed E-state index contributed by atoms with van der Waals surface area (Å²) in [5, 5.41) is 8.63. The zero-order valence-corrected chi connectivity index (χ0v) is 16.0. The number of benzene rings is 1. The molecule has 2 amide bonds. The van der Waals surface area contributed by atoms with E-state index in [0.29, 0.717) is 0 Å². The third kappa shape index (κ3) is 4.80. The zero-order chi connectivity index (χ0) is 19.1. The number of hydrogen-bond acceptors (Lipinski definition) is 5. The van der Waals surface area contributed by atoms with Crippen LogP contribution < -0.4 is 5.32 Å². The van der Waals surface area contributed by atoms with E-state index in [4.69, 9.17) is 0 Å². The van der Waals surface area contributed by atoms with Crippen molar-refractivity contribution in [1.82, 2.24) is 19.8 Å². The first kappa shape index (κ1) is 19.2. The lowest BCUT2D eigenvalue weighted by Crippen LogP contribution is -2.47. The minimum atomic E-state index is -0.736. The minimum absolute atomic E-state index is 0.161. The van der Waals surface area contributed by atoms with E-state index in [2.05, 4.69) is 21.5 Å². The molecule has 1 aromatic carbocycles. The number of rotatable bonds is 7. The van der Waals surface area contributed by atoms with E-state index in [1.54, 1.807) is 11.5 Å². The Bertz CT molecular complexity index is 758. The molecule has 142 valence electrons. The smallest absolute Gasteiger partial charge is 0.276 e. The third-order valence-electron chi connectivity index (χ3n) is 4.79. The summed E-state index contributed by atoms with van der Waals surface area (Å²) in [5.41, 5.74) is 1.01. The van der Waals surface area contributed by atoms with Crippen LogP contribution in [0.15, 0.2) is 48.4 Å². The molecule has 1 fully saturated rings. The molecule has 0 radical (unpaired) electrons. The SMILES string of the molecule is C=CCN(C(=O)c1csnn1)[C@H](C(=O)NC1CCCCC1)c1ccccc1. The maximum atomic E-state index is 13.2. The Morgan fingerprint density at radius 3 is 2.63 bits per heavy atom. The largest absolute Gasteiger partial charge is 0.351 e. The average molecular weight is 385 g/mol. The Morgan fingerprint density at radius 1 is 1.26 bits per heavy atom. The van der Waals surface area contributed by atoms with Crippen molar-refractivity contribution < 1.29 is 9.59 Å². The van der Waals surface area contributed by atoms with Gasteiger partial charge in [-0.15, -0.1) is 11.7 Å². The molecule has 6 nitrogen and oxygen atoms in total. The average Bonchev–Trinajstić information content (AvgIpc) is 3.23. The van der Waals surface area contributed by atoms with E-state index >= 15 is 0 Å². The Morgan fingerprint density at radius 2 is 2.00 bits per heavy atom. The van der Waals surface area contributed by atoms with Gasteiger partial charge in [-0.25, -0.2) is 0 Å². The summed E-state index contributed by atoms with van der Waals surface area (Å²) in [6, 6.07) is 8.80. The molecule has 0 bridgehead atoms. The Labute approximate surface area is 163 Å². The molecule has 0 spiro atoms. The normalized spacial score (nSPS) is 15.7. The zero-order valence-electron chi connectivity index (χ0n) is 15.2. The van der Waals surface area contributed by atoms with Crippen molar-refractivity contribution in [3.8, 4) is 0 Å². The van der Waals surface area contributed by atoms with Crippen LogP contribution in [0.1, 0.15) is 54.2 Å². The molecule has 1 heterocycles. The lowest BCUT2D eigenvalue weighted by Gasteiger charge is -2.32. The molecule has 1 atom stereocenters. The van der Waals surface area contributed by atoms with Crippen LogP contribution in [0.25, 0.3) is 0 Å². The van der Waals surface area contributed by atoms with Crippen LogP contribution in [0.4, 0.5) is 0 Å². The van der Waals surface area contributed by atoms with Gasteiger partial charge < -0.3 is 10.2 Å². The van der Waals surface area contributed by atoms with Gasteiger partial charge in [-0.05, 0) is 29.9 Å². The fourth-order valence-electron chi connectivity index (χ4n) is 3.48. The summed E-state index contributed by atoms with van der Waals surface area (Å²) >= 11 is 1.11.